The minimum absolute atomic E-state index is 0.397. The van der Waals surface area contributed by atoms with Crippen LogP contribution in [0.3, 0.4) is 0 Å². The standard InChI is InChI=1S/C8H15NO3S/c1-5(6(10)13)9-7(11)12-8(2,3)4/h5H,1-4H3,(H,9,11)(H,10,13)/t5-/m1/s1. The molecule has 0 fully saturated rings. The number of amides is 1. The van der Waals surface area contributed by atoms with Crippen molar-refractivity contribution in [3.05, 3.63) is 0 Å². The van der Waals surface area contributed by atoms with Crippen LogP contribution in [0.2, 0.25) is 0 Å². The molecule has 1 amide bonds. The van der Waals surface area contributed by atoms with Crippen molar-refractivity contribution in [3.8, 4) is 0 Å². The van der Waals surface area contributed by atoms with E-state index < -0.39 is 22.9 Å². The van der Waals surface area contributed by atoms with Crippen LogP contribution < -0.4 is 5.32 Å². The molecular formula is C8H15NO3S. The number of hydrogen-bond donors (Lipinski definition) is 2. The Hall–Kier alpha value is -0.710. The predicted molar refractivity (Wildman–Crippen MR) is 52.8 cm³/mol. The Morgan fingerprint density at radius 3 is 2.15 bits per heavy atom. The fraction of sp³-hybridized carbons (Fsp3) is 0.750. The molecule has 5 heteroatoms. The zero-order valence-corrected chi connectivity index (χ0v) is 9.14. The van der Waals surface area contributed by atoms with Crippen LogP contribution in [0.1, 0.15) is 27.7 Å². The van der Waals surface area contributed by atoms with E-state index in [9.17, 15) is 9.59 Å². The lowest BCUT2D eigenvalue weighted by Gasteiger charge is -2.20. The Morgan fingerprint density at radius 1 is 1.38 bits per heavy atom. The second-order valence-electron chi connectivity index (χ2n) is 3.71. The van der Waals surface area contributed by atoms with Gasteiger partial charge in [-0.25, -0.2) is 4.79 Å². The summed E-state index contributed by atoms with van der Waals surface area (Å²) in [6, 6.07) is -0.627. The maximum atomic E-state index is 11.1. The van der Waals surface area contributed by atoms with Crippen LogP contribution in [0, 0.1) is 0 Å². The molecule has 0 aromatic rings. The smallest absolute Gasteiger partial charge is 0.408 e. The summed E-state index contributed by atoms with van der Waals surface area (Å²) in [4.78, 5) is 21.7. The van der Waals surface area contributed by atoms with E-state index in [0.717, 1.165) is 0 Å². The van der Waals surface area contributed by atoms with Crippen LogP contribution in [0.5, 0.6) is 0 Å². The molecule has 76 valence electrons. The van der Waals surface area contributed by atoms with Gasteiger partial charge in [-0.15, -0.1) is 12.6 Å². The number of alkyl carbamates (subject to hydrolysis) is 1. The highest BCUT2D eigenvalue weighted by Crippen LogP contribution is 2.06. The van der Waals surface area contributed by atoms with E-state index in [2.05, 4.69) is 17.9 Å². The molecule has 0 aromatic heterocycles. The van der Waals surface area contributed by atoms with Crippen molar-refractivity contribution in [3.63, 3.8) is 0 Å². The van der Waals surface area contributed by atoms with E-state index in [-0.39, 0.29) is 0 Å². The quantitative estimate of drug-likeness (QED) is 0.669. The molecule has 0 aliphatic carbocycles. The number of thiol groups is 1. The monoisotopic (exact) mass is 205 g/mol. The van der Waals surface area contributed by atoms with Gasteiger partial charge in [0.25, 0.3) is 0 Å². The number of carbonyl (C=O) groups excluding carboxylic acids is 2. The summed E-state index contributed by atoms with van der Waals surface area (Å²) < 4.78 is 4.92. The third kappa shape index (κ3) is 6.45. The number of ether oxygens (including phenoxy) is 1. The molecule has 0 aromatic carbocycles. The Balaban J connectivity index is 3.96. The summed E-state index contributed by atoms with van der Waals surface area (Å²) in [7, 11) is 0. The molecule has 0 aliphatic rings. The highest BCUT2D eigenvalue weighted by atomic mass is 32.1. The first-order chi connectivity index (χ1) is 5.72. The minimum Gasteiger partial charge on any atom is -0.444 e. The van der Waals surface area contributed by atoms with Crippen LogP contribution in [0.4, 0.5) is 4.79 Å². The summed E-state index contributed by atoms with van der Waals surface area (Å²) in [5.74, 6) is 0. The first kappa shape index (κ1) is 12.3. The van der Waals surface area contributed by atoms with E-state index in [4.69, 9.17) is 4.74 Å². The lowest BCUT2D eigenvalue weighted by molar-refractivity contribution is -0.112. The van der Waals surface area contributed by atoms with Crippen molar-refractivity contribution >= 4 is 23.8 Å². The Kier molecular flexibility index (Phi) is 4.26. The molecule has 0 saturated heterocycles. The van der Waals surface area contributed by atoms with E-state index in [1.165, 1.54) is 0 Å². The van der Waals surface area contributed by atoms with Crippen LogP contribution in [-0.4, -0.2) is 22.9 Å². The van der Waals surface area contributed by atoms with Crippen LogP contribution in [0.15, 0.2) is 0 Å². The van der Waals surface area contributed by atoms with E-state index in [1.54, 1.807) is 27.7 Å². The second kappa shape index (κ2) is 4.50. The minimum atomic E-state index is -0.627. The summed E-state index contributed by atoms with van der Waals surface area (Å²) in [6.45, 7) is 6.79. The molecule has 13 heavy (non-hydrogen) atoms. The third-order valence-electron chi connectivity index (χ3n) is 1.10. The lowest BCUT2D eigenvalue weighted by atomic mass is 10.2. The topological polar surface area (TPSA) is 55.4 Å². The maximum Gasteiger partial charge on any atom is 0.408 e. The molecule has 0 saturated carbocycles. The molecule has 4 nitrogen and oxygen atoms in total. The maximum absolute atomic E-state index is 11.1. The van der Waals surface area contributed by atoms with Gasteiger partial charge in [-0.05, 0) is 27.7 Å². The van der Waals surface area contributed by atoms with E-state index in [0.29, 0.717) is 0 Å². The second-order valence-corrected chi connectivity index (χ2v) is 4.15. The van der Waals surface area contributed by atoms with Gasteiger partial charge < -0.3 is 10.1 Å². The molecule has 1 atom stereocenters. The summed E-state index contributed by atoms with van der Waals surface area (Å²) >= 11 is 3.57. The summed E-state index contributed by atoms with van der Waals surface area (Å²) in [6.07, 6.45) is -0.609. The number of carbonyl (C=O) groups is 2. The molecule has 0 radical (unpaired) electrons. The van der Waals surface area contributed by atoms with Crippen molar-refractivity contribution in [2.45, 2.75) is 39.3 Å². The van der Waals surface area contributed by atoms with Gasteiger partial charge in [0.1, 0.15) is 5.60 Å². The van der Waals surface area contributed by atoms with Crippen molar-refractivity contribution in [2.24, 2.45) is 0 Å². The summed E-state index contributed by atoms with van der Waals surface area (Å²) in [5.41, 5.74) is -0.552. The van der Waals surface area contributed by atoms with Crippen LogP contribution in [0.25, 0.3) is 0 Å². The van der Waals surface area contributed by atoms with Crippen molar-refractivity contribution in [1.29, 1.82) is 0 Å². The molecule has 0 aliphatic heterocycles. The fourth-order valence-electron chi connectivity index (χ4n) is 0.546. The first-order valence-electron chi connectivity index (χ1n) is 3.94. The van der Waals surface area contributed by atoms with Gasteiger partial charge in [0, 0.05) is 0 Å². The van der Waals surface area contributed by atoms with E-state index >= 15 is 0 Å². The molecule has 1 N–H and O–H groups in total. The van der Waals surface area contributed by atoms with Gasteiger partial charge in [-0.1, -0.05) is 0 Å². The average Bonchev–Trinajstić information content (AvgIpc) is 1.81. The van der Waals surface area contributed by atoms with Gasteiger partial charge in [-0.3, -0.25) is 4.79 Å². The van der Waals surface area contributed by atoms with Gasteiger partial charge in [0.2, 0.25) is 5.12 Å². The Morgan fingerprint density at radius 2 is 1.85 bits per heavy atom. The van der Waals surface area contributed by atoms with Crippen LogP contribution >= 0.6 is 12.6 Å². The number of nitrogens with one attached hydrogen (secondary N) is 1. The van der Waals surface area contributed by atoms with Crippen molar-refractivity contribution in [2.75, 3.05) is 0 Å². The molecule has 0 spiro atoms. The summed E-state index contributed by atoms with van der Waals surface area (Å²) in [5, 5.41) is 1.95. The van der Waals surface area contributed by atoms with Gasteiger partial charge in [0.15, 0.2) is 0 Å². The van der Waals surface area contributed by atoms with Crippen molar-refractivity contribution in [1.82, 2.24) is 5.32 Å². The Labute approximate surface area is 83.4 Å². The lowest BCUT2D eigenvalue weighted by Crippen LogP contribution is -2.40. The van der Waals surface area contributed by atoms with E-state index in [1.807, 2.05) is 0 Å². The third-order valence-corrected chi connectivity index (χ3v) is 1.49. The molecule has 0 heterocycles. The molecular weight excluding hydrogens is 190 g/mol. The molecule has 0 unspecified atom stereocenters. The molecule has 0 rings (SSSR count). The number of rotatable bonds is 2. The SMILES string of the molecule is C[C@@H](NC(=O)OC(C)(C)C)C(=O)S. The molecule has 0 bridgehead atoms. The highest BCUT2D eigenvalue weighted by Gasteiger charge is 2.19. The largest absolute Gasteiger partial charge is 0.444 e. The predicted octanol–water partition coefficient (Wildman–Crippen LogP) is 1.36. The fourth-order valence-corrected chi connectivity index (χ4v) is 0.611. The zero-order valence-electron chi connectivity index (χ0n) is 8.25. The number of hydrogen-bond acceptors (Lipinski definition) is 3. The van der Waals surface area contributed by atoms with Crippen LogP contribution in [-0.2, 0) is 9.53 Å². The van der Waals surface area contributed by atoms with Crippen molar-refractivity contribution < 1.29 is 14.3 Å². The van der Waals surface area contributed by atoms with Gasteiger partial charge in [-0.2, -0.15) is 0 Å². The van der Waals surface area contributed by atoms with Gasteiger partial charge in [0.05, 0.1) is 6.04 Å². The van der Waals surface area contributed by atoms with Gasteiger partial charge >= 0.3 is 6.09 Å². The zero-order chi connectivity index (χ0) is 10.6. The highest BCUT2D eigenvalue weighted by molar-refractivity contribution is 7.96. The normalized spacial score (nSPS) is 13.3. The Bertz CT molecular complexity index is 210. The first-order valence-corrected chi connectivity index (χ1v) is 4.39. The average molecular weight is 205 g/mol.